The second kappa shape index (κ2) is 9.31. The van der Waals surface area contributed by atoms with E-state index in [2.05, 4.69) is 11.4 Å². The Kier molecular flexibility index (Phi) is 6.34. The highest BCUT2D eigenvalue weighted by Gasteiger charge is 2.15. The predicted octanol–water partition coefficient (Wildman–Crippen LogP) is 5.32. The molecular formula is C25H25ClN2O2. The van der Waals surface area contributed by atoms with Crippen molar-refractivity contribution in [2.24, 2.45) is 0 Å². The van der Waals surface area contributed by atoms with E-state index in [1.165, 1.54) is 24.5 Å². The molecule has 0 aliphatic heterocycles. The van der Waals surface area contributed by atoms with Crippen LogP contribution in [0.4, 0.5) is 0 Å². The second-order valence-electron chi connectivity index (χ2n) is 7.74. The quantitative estimate of drug-likeness (QED) is 0.548. The molecule has 4 nitrogen and oxygen atoms in total. The van der Waals surface area contributed by atoms with E-state index in [-0.39, 0.29) is 11.5 Å². The predicted molar refractivity (Wildman–Crippen MR) is 122 cm³/mol. The summed E-state index contributed by atoms with van der Waals surface area (Å²) >= 11 is 5.97. The molecule has 2 aromatic carbocycles. The number of pyridine rings is 1. The first-order valence-corrected chi connectivity index (χ1v) is 10.8. The van der Waals surface area contributed by atoms with Crippen molar-refractivity contribution in [3.63, 3.8) is 0 Å². The Bertz CT molecular complexity index is 1150. The van der Waals surface area contributed by atoms with Crippen LogP contribution in [0.2, 0.25) is 5.02 Å². The van der Waals surface area contributed by atoms with Crippen LogP contribution in [0.5, 0.6) is 0 Å². The van der Waals surface area contributed by atoms with Crippen LogP contribution in [0.3, 0.4) is 0 Å². The van der Waals surface area contributed by atoms with E-state index in [1.807, 2.05) is 48.5 Å². The van der Waals surface area contributed by atoms with Gasteiger partial charge in [-0.2, -0.15) is 0 Å². The molecule has 0 unspecified atom stereocenters. The number of allylic oxidation sites excluding steroid dienone is 1. The van der Waals surface area contributed by atoms with Crippen LogP contribution in [0, 0.1) is 0 Å². The number of hydrogen-bond donors (Lipinski definition) is 1. The summed E-state index contributed by atoms with van der Waals surface area (Å²) in [5.41, 5.74) is 3.39. The molecule has 1 aliphatic rings. The second-order valence-corrected chi connectivity index (χ2v) is 8.18. The summed E-state index contributed by atoms with van der Waals surface area (Å²) in [5, 5.41) is 4.44. The average Bonchev–Trinajstić information content (AvgIpc) is 2.77. The van der Waals surface area contributed by atoms with Crippen LogP contribution >= 0.6 is 11.6 Å². The third-order valence-electron chi connectivity index (χ3n) is 5.63. The van der Waals surface area contributed by atoms with Crippen molar-refractivity contribution in [1.29, 1.82) is 0 Å². The van der Waals surface area contributed by atoms with Crippen molar-refractivity contribution in [1.82, 2.24) is 9.88 Å². The number of nitrogens with one attached hydrogen (secondary N) is 1. The molecule has 5 heteroatoms. The zero-order chi connectivity index (χ0) is 20.9. The number of rotatable bonds is 6. The minimum atomic E-state index is -0.196. The lowest BCUT2D eigenvalue weighted by Gasteiger charge is -2.15. The van der Waals surface area contributed by atoms with Gasteiger partial charge >= 0.3 is 0 Å². The van der Waals surface area contributed by atoms with Gasteiger partial charge in [-0.25, -0.2) is 0 Å². The van der Waals surface area contributed by atoms with Gasteiger partial charge in [0.15, 0.2) is 0 Å². The maximum absolute atomic E-state index is 12.9. The molecule has 1 amide bonds. The van der Waals surface area contributed by atoms with Crippen molar-refractivity contribution in [3.05, 3.63) is 92.7 Å². The standard InChI is InChI=1S/C25H25ClN2O2/c26-20-12-10-19(11-13-20)17-28-23-9-5-4-8-21(23)22(16-24(28)29)25(30)27-15-14-18-6-2-1-3-7-18/h4-6,8-13,16H,1-3,7,14-15,17H2,(H,27,30). The zero-order valence-electron chi connectivity index (χ0n) is 16.9. The number of fused-ring (bicyclic) bond motifs is 1. The molecule has 1 aliphatic carbocycles. The van der Waals surface area contributed by atoms with E-state index in [0.29, 0.717) is 23.7 Å². The number of benzene rings is 2. The van der Waals surface area contributed by atoms with Crippen LogP contribution in [0.1, 0.15) is 48.0 Å². The molecule has 0 atom stereocenters. The Hall–Kier alpha value is -2.85. The summed E-state index contributed by atoms with van der Waals surface area (Å²) in [4.78, 5) is 25.8. The molecule has 0 spiro atoms. The number of aromatic nitrogens is 1. The van der Waals surface area contributed by atoms with Gasteiger partial charge in [-0.15, -0.1) is 0 Å². The Morgan fingerprint density at radius 1 is 1.07 bits per heavy atom. The van der Waals surface area contributed by atoms with E-state index in [1.54, 1.807) is 4.57 Å². The molecule has 1 heterocycles. The Balaban J connectivity index is 1.58. The highest BCUT2D eigenvalue weighted by atomic mass is 35.5. The lowest BCUT2D eigenvalue weighted by molar-refractivity contribution is 0.0955. The first-order chi connectivity index (χ1) is 14.6. The van der Waals surface area contributed by atoms with Crippen molar-refractivity contribution < 1.29 is 4.79 Å². The summed E-state index contributed by atoms with van der Waals surface area (Å²) in [5.74, 6) is -0.196. The monoisotopic (exact) mass is 420 g/mol. The Morgan fingerprint density at radius 2 is 1.87 bits per heavy atom. The van der Waals surface area contributed by atoms with Gasteiger partial charge < -0.3 is 9.88 Å². The zero-order valence-corrected chi connectivity index (χ0v) is 17.6. The van der Waals surface area contributed by atoms with Gasteiger partial charge in [0.2, 0.25) is 0 Å². The summed E-state index contributed by atoms with van der Waals surface area (Å²) in [6.45, 7) is 1.01. The number of carbonyl (C=O) groups excluding carboxylic acids is 1. The van der Waals surface area contributed by atoms with E-state index >= 15 is 0 Å². The van der Waals surface area contributed by atoms with Crippen LogP contribution in [-0.4, -0.2) is 17.0 Å². The smallest absolute Gasteiger partial charge is 0.252 e. The highest BCUT2D eigenvalue weighted by Crippen LogP contribution is 2.21. The van der Waals surface area contributed by atoms with E-state index in [9.17, 15) is 9.59 Å². The minimum Gasteiger partial charge on any atom is -0.352 e. The summed E-state index contributed by atoms with van der Waals surface area (Å²) in [6.07, 6.45) is 7.92. The van der Waals surface area contributed by atoms with E-state index in [0.717, 1.165) is 35.7 Å². The highest BCUT2D eigenvalue weighted by molar-refractivity contribution is 6.30. The minimum absolute atomic E-state index is 0.191. The fourth-order valence-corrected chi connectivity index (χ4v) is 4.15. The van der Waals surface area contributed by atoms with Crippen LogP contribution in [0.15, 0.2) is 71.0 Å². The van der Waals surface area contributed by atoms with E-state index < -0.39 is 0 Å². The van der Waals surface area contributed by atoms with Gasteiger partial charge in [-0.1, -0.05) is 53.6 Å². The topological polar surface area (TPSA) is 51.1 Å². The van der Waals surface area contributed by atoms with Crippen LogP contribution in [-0.2, 0) is 6.54 Å². The van der Waals surface area contributed by atoms with Gasteiger partial charge in [-0.3, -0.25) is 9.59 Å². The van der Waals surface area contributed by atoms with Gasteiger partial charge in [0.1, 0.15) is 0 Å². The lowest BCUT2D eigenvalue weighted by Crippen LogP contribution is -2.29. The first-order valence-electron chi connectivity index (χ1n) is 10.4. The normalized spacial score (nSPS) is 13.8. The molecule has 30 heavy (non-hydrogen) atoms. The fourth-order valence-electron chi connectivity index (χ4n) is 4.02. The molecule has 0 bridgehead atoms. The molecule has 154 valence electrons. The summed E-state index contributed by atoms with van der Waals surface area (Å²) in [7, 11) is 0. The largest absolute Gasteiger partial charge is 0.352 e. The molecule has 3 aromatic rings. The Labute approximate surface area is 181 Å². The number of para-hydroxylation sites is 1. The maximum Gasteiger partial charge on any atom is 0.252 e. The van der Waals surface area contributed by atoms with Crippen molar-refractivity contribution in [3.8, 4) is 0 Å². The maximum atomic E-state index is 12.9. The molecule has 0 saturated heterocycles. The SMILES string of the molecule is O=C(NCCC1=CCCCC1)c1cc(=O)n(Cc2ccc(Cl)cc2)c2ccccc12. The fraction of sp³-hybridized carbons (Fsp3) is 0.280. The number of carbonyl (C=O) groups is 1. The Morgan fingerprint density at radius 3 is 2.63 bits per heavy atom. The number of nitrogens with zero attached hydrogens (tertiary/aromatic N) is 1. The first kappa shape index (κ1) is 20.4. The third-order valence-corrected chi connectivity index (χ3v) is 5.89. The van der Waals surface area contributed by atoms with Crippen molar-refractivity contribution in [2.45, 2.75) is 38.6 Å². The molecule has 1 aromatic heterocycles. The molecule has 4 rings (SSSR count). The lowest BCUT2D eigenvalue weighted by atomic mass is 9.97. The average molecular weight is 421 g/mol. The van der Waals surface area contributed by atoms with Gasteiger partial charge in [0.25, 0.3) is 11.5 Å². The van der Waals surface area contributed by atoms with Gasteiger partial charge in [0, 0.05) is 23.0 Å². The number of amides is 1. The van der Waals surface area contributed by atoms with E-state index in [4.69, 9.17) is 11.6 Å². The molecule has 0 radical (unpaired) electrons. The van der Waals surface area contributed by atoms with Crippen molar-refractivity contribution >= 4 is 28.4 Å². The summed E-state index contributed by atoms with van der Waals surface area (Å²) in [6, 6.07) is 16.4. The molecular weight excluding hydrogens is 396 g/mol. The molecule has 0 fully saturated rings. The molecule has 1 N–H and O–H groups in total. The number of hydrogen-bond acceptors (Lipinski definition) is 2. The van der Waals surface area contributed by atoms with Gasteiger partial charge in [-0.05, 0) is 55.9 Å². The van der Waals surface area contributed by atoms with Crippen LogP contribution in [0.25, 0.3) is 10.9 Å². The number of halogens is 1. The molecule has 0 saturated carbocycles. The van der Waals surface area contributed by atoms with Crippen LogP contribution < -0.4 is 10.9 Å². The third kappa shape index (κ3) is 4.65. The van der Waals surface area contributed by atoms with Crippen molar-refractivity contribution in [2.75, 3.05) is 6.54 Å². The van der Waals surface area contributed by atoms with Gasteiger partial charge in [0.05, 0.1) is 17.6 Å². The summed E-state index contributed by atoms with van der Waals surface area (Å²) < 4.78 is 1.70.